The van der Waals surface area contributed by atoms with Gasteiger partial charge in [0.15, 0.2) is 6.29 Å². The molecular weight excluding hydrogens is 572 g/mol. The van der Waals surface area contributed by atoms with E-state index in [1.165, 1.54) is 7.05 Å². The first-order valence-corrected chi connectivity index (χ1v) is 17.2. The molecule has 5 fully saturated rings. The molecular formula is C36H54N2O7. The van der Waals surface area contributed by atoms with E-state index in [-0.39, 0.29) is 23.0 Å². The Bertz CT molecular complexity index is 1230. The number of hydrogen-bond acceptors (Lipinski definition) is 7. The summed E-state index contributed by atoms with van der Waals surface area (Å²) in [6.45, 7) is 12.8. The van der Waals surface area contributed by atoms with Crippen LogP contribution < -0.4 is 10.6 Å². The Morgan fingerprint density at radius 3 is 2.33 bits per heavy atom. The molecule has 10 atom stereocenters. The van der Waals surface area contributed by atoms with Gasteiger partial charge in [-0.05, 0) is 79.7 Å². The summed E-state index contributed by atoms with van der Waals surface area (Å²) in [4.78, 5) is 25.6. The maximum atomic E-state index is 13.3. The lowest BCUT2D eigenvalue weighted by Crippen LogP contribution is -2.69. The van der Waals surface area contributed by atoms with E-state index in [9.17, 15) is 14.7 Å². The van der Waals surface area contributed by atoms with Gasteiger partial charge in [0.2, 0.25) is 0 Å². The van der Waals surface area contributed by atoms with E-state index in [2.05, 4.69) is 45.3 Å². The number of ether oxygens (including phenoxy) is 4. The van der Waals surface area contributed by atoms with Crippen LogP contribution in [-0.4, -0.2) is 61.7 Å². The van der Waals surface area contributed by atoms with Gasteiger partial charge >= 0.3 is 12.2 Å². The monoisotopic (exact) mass is 626 g/mol. The highest BCUT2D eigenvalue weighted by atomic mass is 16.7. The van der Waals surface area contributed by atoms with E-state index in [0.29, 0.717) is 48.6 Å². The Kier molecular flexibility index (Phi) is 8.70. The van der Waals surface area contributed by atoms with E-state index in [1.54, 1.807) is 0 Å². The molecule has 0 aromatic heterocycles. The molecule has 0 bridgehead atoms. The van der Waals surface area contributed by atoms with E-state index >= 15 is 0 Å². The van der Waals surface area contributed by atoms with Crippen LogP contribution in [0.4, 0.5) is 15.3 Å². The molecule has 5 aliphatic rings. The molecule has 1 aliphatic heterocycles. The highest BCUT2D eigenvalue weighted by molar-refractivity contribution is 5.84. The van der Waals surface area contributed by atoms with Gasteiger partial charge in [-0.3, -0.25) is 5.32 Å². The minimum absolute atomic E-state index is 0.0473. The van der Waals surface area contributed by atoms with Gasteiger partial charge in [0.25, 0.3) is 0 Å². The average Bonchev–Trinajstić information content (AvgIpc) is 3.35. The van der Waals surface area contributed by atoms with Crippen LogP contribution in [0.25, 0.3) is 0 Å². The van der Waals surface area contributed by atoms with E-state index in [0.717, 1.165) is 45.3 Å². The Balaban J connectivity index is 1.25. The van der Waals surface area contributed by atoms with Crippen molar-refractivity contribution in [2.75, 3.05) is 25.6 Å². The van der Waals surface area contributed by atoms with Crippen LogP contribution in [0.2, 0.25) is 0 Å². The lowest BCUT2D eigenvalue weighted by molar-refractivity contribution is -0.265. The quantitative estimate of drug-likeness (QED) is 0.331. The minimum atomic E-state index is -1.13. The lowest BCUT2D eigenvalue weighted by atomic mass is 9.42. The van der Waals surface area contributed by atoms with Gasteiger partial charge in [0, 0.05) is 42.3 Å². The fourth-order valence-electron chi connectivity index (χ4n) is 10.6. The molecule has 4 aliphatic carbocycles. The van der Waals surface area contributed by atoms with E-state index < -0.39 is 35.4 Å². The summed E-state index contributed by atoms with van der Waals surface area (Å²) >= 11 is 0. The van der Waals surface area contributed by atoms with E-state index in [4.69, 9.17) is 18.9 Å². The summed E-state index contributed by atoms with van der Waals surface area (Å²) in [5.41, 5.74) is -0.956. The number of carbonyl (C=O) groups excluding carboxylic acids is 2. The molecule has 4 unspecified atom stereocenters. The third kappa shape index (κ3) is 5.75. The Morgan fingerprint density at radius 2 is 1.64 bits per heavy atom. The van der Waals surface area contributed by atoms with Gasteiger partial charge in [-0.1, -0.05) is 52.8 Å². The number of carbonyl (C=O) groups is 2. The van der Waals surface area contributed by atoms with Crippen molar-refractivity contribution >= 4 is 17.9 Å². The van der Waals surface area contributed by atoms with Crippen LogP contribution in [0, 0.1) is 45.8 Å². The van der Waals surface area contributed by atoms with Crippen molar-refractivity contribution in [3.63, 3.8) is 0 Å². The SMILES string of the molecule is CNC(=O)OC1CC(OC(=O)Nc2ccccc2)[C@]2(C)[C@H]3CC[C@]4(C)[C@@H](C(C)C5OCC(C)(C)CO5)CC[C@H]4[C@@H]3CCC2(O)C1. The molecule has 3 N–H and O–H groups in total. The van der Waals surface area contributed by atoms with Crippen molar-refractivity contribution in [2.45, 2.75) is 110 Å². The molecule has 4 saturated carbocycles. The maximum absolute atomic E-state index is 13.3. The molecule has 9 heteroatoms. The first-order valence-electron chi connectivity index (χ1n) is 17.2. The molecule has 2 amide bonds. The van der Waals surface area contributed by atoms with Crippen molar-refractivity contribution < 1.29 is 33.6 Å². The lowest BCUT2D eigenvalue weighted by Gasteiger charge is -2.65. The molecule has 1 aromatic rings. The smallest absolute Gasteiger partial charge is 0.411 e. The van der Waals surface area contributed by atoms with Gasteiger partial charge in [-0.15, -0.1) is 0 Å². The molecule has 250 valence electrons. The third-order valence-corrected chi connectivity index (χ3v) is 13.0. The molecule has 0 spiro atoms. The fraction of sp³-hybridized carbons (Fsp3) is 0.778. The van der Waals surface area contributed by atoms with Gasteiger partial charge in [0.05, 0.1) is 18.8 Å². The number of hydrogen-bond donors (Lipinski definition) is 3. The van der Waals surface area contributed by atoms with Gasteiger partial charge in [0.1, 0.15) is 12.2 Å². The molecule has 6 rings (SSSR count). The number of alkyl carbamates (subject to hydrolysis) is 1. The second-order valence-corrected chi connectivity index (χ2v) is 16.1. The Morgan fingerprint density at radius 1 is 0.933 bits per heavy atom. The van der Waals surface area contributed by atoms with Crippen LogP contribution in [0.15, 0.2) is 30.3 Å². The summed E-state index contributed by atoms with van der Waals surface area (Å²) < 4.78 is 24.6. The summed E-state index contributed by atoms with van der Waals surface area (Å²) in [7, 11) is 1.53. The number of amides is 2. The van der Waals surface area contributed by atoms with Crippen molar-refractivity contribution in [3.05, 3.63) is 30.3 Å². The Labute approximate surface area is 268 Å². The second-order valence-electron chi connectivity index (χ2n) is 16.1. The summed E-state index contributed by atoms with van der Waals surface area (Å²) in [5.74, 6) is 1.92. The first kappa shape index (κ1) is 32.6. The summed E-state index contributed by atoms with van der Waals surface area (Å²) in [5, 5.41) is 17.9. The predicted molar refractivity (Wildman–Crippen MR) is 170 cm³/mol. The number of fused-ring (bicyclic) bond motifs is 5. The zero-order valence-corrected chi connectivity index (χ0v) is 28.0. The molecule has 45 heavy (non-hydrogen) atoms. The van der Waals surface area contributed by atoms with E-state index in [1.807, 2.05) is 30.3 Å². The number of rotatable bonds is 5. The van der Waals surface area contributed by atoms with Crippen LogP contribution in [-0.2, 0) is 18.9 Å². The molecule has 0 radical (unpaired) electrons. The molecule has 1 heterocycles. The third-order valence-electron chi connectivity index (χ3n) is 13.0. The van der Waals surface area contributed by atoms with Crippen molar-refractivity contribution in [2.24, 2.45) is 45.8 Å². The number of para-hydroxylation sites is 1. The van der Waals surface area contributed by atoms with Gasteiger partial charge in [-0.2, -0.15) is 0 Å². The Hall–Kier alpha value is -2.36. The van der Waals surface area contributed by atoms with Crippen molar-refractivity contribution in [3.8, 4) is 0 Å². The fourth-order valence-corrected chi connectivity index (χ4v) is 10.6. The van der Waals surface area contributed by atoms with Crippen molar-refractivity contribution in [1.29, 1.82) is 0 Å². The summed E-state index contributed by atoms with van der Waals surface area (Å²) in [6.07, 6.45) is 4.10. The highest BCUT2D eigenvalue weighted by Crippen LogP contribution is 2.69. The summed E-state index contributed by atoms with van der Waals surface area (Å²) in [6, 6.07) is 9.24. The highest BCUT2D eigenvalue weighted by Gasteiger charge is 2.69. The largest absolute Gasteiger partial charge is 0.446 e. The minimum Gasteiger partial charge on any atom is -0.446 e. The van der Waals surface area contributed by atoms with Gasteiger partial charge in [-0.25, -0.2) is 9.59 Å². The number of benzene rings is 1. The first-order chi connectivity index (χ1) is 21.3. The zero-order chi connectivity index (χ0) is 32.2. The van der Waals surface area contributed by atoms with Crippen LogP contribution in [0.5, 0.6) is 0 Å². The van der Waals surface area contributed by atoms with Crippen LogP contribution >= 0.6 is 0 Å². The molecule has 1 aromatic carbocycles. The van der Waals surface area contributed by atoms with Crippen molar-refractivity contribution in [1.82, 2.24) is 5.32 Å². The zero-order valence-electron chi connectivity index (χ0n) is 28.0. The average molecular weight is 627 g/mol. The van der Waals surface area contributed by atoms with Crippen LogP contribution in [0.3, 0.4) is 0 Å². The number of anilines is 1. The standard InChI is InChI=1S/C36H54N2O7/c1-22(30-42-20-33(2,3)21-43-30)26-12-13-27-25-14-17-36(41)19-24(44-31(39)37-6)18-29(35(36,5)28(25)15-16-34(26,27)4)45-32(40)38-23-10-8-7-9-11-23/h7-11,22,24-30,41H,12-21H2,1-6H3,(H,37,39)(H,38,40)/t22?,24?,25-,26+,27-,28-,29?,34+,35-,36?/m0/s1. The topological polar surface area (TPSA) is 115 Å². The second kappa shape index (κ2) is 12.0. The number of aliphatic hydroxyl groups is 1. The normalized spacial score (nSPS) is 41.5. The maximum Gasteiger partial charge on any atom is 0.411 e. The van der Waals surface area contributed by atoms with Gasteiger partial charge < -0.3 is 29.4 Å². The predicted octanol–water partition coefficient (Wildman–Crippen LogP) is 6.75. The van der Waals surface area contributed by atoms with Crippen LogP contribution in [0.1, 0.15) is 86.0 Å². The molecule has 9 nitrogen and oxygen atoms in total. The number of nitrogens with one attached hydrogen (secondary N) is 2. The molecule has 1 saturated heterocycles.